The summed E-state index contributed by atoms with van der Waals surface area (Å²) in [6.07, 6.45) is 9.12. The highest BCUT2D eigenvalue weighted by Gasteiger charge is 2.32. The number of aromatic nitrogens is 3. The monoisotopic (exact) mass is 284 g/mol. The molecular formula is C12H20N4O2S. The Labute approximate surface area is 113 Å². The summed E-state index contributed by atoms with van der Waals surface area (Å²) in [5.41, 5.74) is 0. The van der Waals surface area contributed by atoms with Crippen LogP contribution in [0.1, 0.15) is 44.0 Å². The maximum absolute atomic E-state index is 11.7. The van der Waals surface area contributed by atoms with Gasteiger partial charge >= 0.3 is 0 Å². The molecule has 106 valence electrons. The van der Waals surface area contributed by atoms with E-state index in [0.29, 0.717) is 12.6 Å². The van der Waals surface area contributed by atoms with E-state index in [0.717, 1.165) is 31.5 Å². The zero-order chi connectivity index (χ0) is 13.5. The molecule has 1 aliphatic carbocycles. The summed E-state index contributed by atoms with van der Waals surface area (Å²) in [6, 6.07) is 0.721. The van der Waals surface area contributed by atoms with Crippen LogP contribution in [0.3, 0.4) is 0 Å². The predicted octanol–water partition coefficient (Wildman–Crippen LogP) is 0.970. The van der Waals surface area contributed by atoms with Crippen LogP contribution in [-0.2, 0) is 16.4 Å². The summed E-state index contributed by atoms with van der Waals surface area (Å²) in [7, 11) is -3.07. The molecule has 0 amide bonds. The first-order chi connectivity index (χ1) is 9.05. The highest BCUT2D eigenvalue weighted by molar-refractivity contribution is 7.88. The van der Waals surface area contributed by atoms with Gasteiger partial charge in [-0.25, -0.2) is 8.42 Å². The molecule has 1 aliphatic heterocycles. The lowest BCUT2D eigenvalue weighted by Crippen LogP contribution is -2.35. The van der Waals surface area contributed by atoms with Crippen LogP contribution >= 0.6 is 0 Å². The molecular weight excluding hydrogens is 264 g/mol. The van der Waals surface area contributed by atoms with Gasteiger partial charge in [0.2, 0.25) is 10.0 Å². The molecule has 7 heteroatoms. The molecule has 2 heterocycles. The molecule has 1 unspecified atom stereocenters. The van der Waals surface area contributed by atoms with Gasteiger partial charge in [0, 0.05) is 25.0 Å². The molecule has 3 rings (SSSR count). The van der Waals surface area contributed by atoms with E-state index in [1.54, 1.807) is 10.6 Å². The van der Waals surface area contributed by atoms with Gasteiger partial charge in [-0.2, -0.15) is 4.31 Å². The Bertz CT molecular complexity index is 550. The largest absolute Gasteiger partial charge is 0.314 e. The number of rotatable bonds is 5. The predicted molar refractivity (Wildman–Crippen MR) is 71.2 cm³/mol. The number of aryl methyl sites for hydroxylation is 1. The maximum Gasteiger partial charge on any atom is 0.211 e. The van der Waals surface area contributed by atoms with Gasteiger partial charge in [0.1, 0.15) is 12.2 Å². The second kappa shape index (κ2) is 4.86. The lowest BCUT2D eigenvalue weighted by Gasteiger charge is -2.21. The van der Waals surface area contributed by atoms with Gasteiger partial charge in [-0.15, -0.1) is 10.2 Å². The van der Waals surface area contributed by atoms with Crippen LogP contribution in [0.15, 0.2) is 6.33 Å². The van der Waals surface area contributed by atoms with Gasteiger partial charge in [-0.3, -0.25) is 0 Å². The van der Waals surface area contributed by atoms with Crippen molar-refractivity contribution in [3.8, 4) is 0 Å². The molecule has 1 saturated carbocycles. The molecule has 0 N–H and O–H groups in total. The lowest BCUT2D eigenvalue weighted by atomic mass is 10.1. The number of nitrogens with zero attached hydrogens (tertiary/aromatic N) is 4. The van der Waals surface area contributed by atoms with Crippen molar-refractivity contribution in [2.75, 3.05) is 12.8 Å². The molecule has 0 bridgehead atoms. The number of hydrogen-bond acceptors (Lipinski definition) is 4. The van der Waals surface area contributed by atoms with Crippen LogP contribution in [0.25, 0.3) is 0 Å². The third-order valence-electron chi connectivity index (χ3n) is 4.04. The molecule has 1 atom stereocenters. The third-order valence-corrected chi connectivity index (χ3v) is 5.37. The van der Waals surface area contributed by atoms with E-state index >= 15 is 0 Å². The summed E-state index contributed by atoms with van der Waals surface area (Å²) in [6.45, 7) is 0.665. The highest BCUT2D eigenvalue weighted by atomic mass is 32.2. The number of hydrogen-bond donors (Lipinski definition) is 0. The minimum Gasteiger partial charge on any atom is -0.314 e. The average molecular weight is 284 g/mol. The molecule has 0 spiro atoms. The van der Waals surface area contributed by atoms with E-state index in [4.69, 9.17) is 0 Å². The molecule has 0 aromatic carbocycles. The standard InChI is InChI=1S/C12H20N4O2S/c1-19(17,18)16-8-2-3-11(16)6-7-12-14-13-9-15(12)10-4-5-10/h9-11H,2-8H2,1H3. The summed E-state index contributed by atoms with van der Waals surface area (Å²) >= 11 is 0. The van der Waals surface area contributed by atoms with E-state index in [9.17, 15) is 8.42 Å². The Kier molecular flexibility index (Phi) is 3.34. The van der Waals surface area contributed by atoms with Crippen LogP contribution in [0.5, 0.6) is 0 Å². The fourth-order valence-corrected chi connectivity index (χ4v) is 4.15. The van der Waals surface area contributed by atoms with Crippen molar-refractivity contribution in [2.45, 2.75) is 50.6 Å². The smallest absolute Gasteiger partial charge is 0.211 e. The Morgan fingerprint density at radius 3 is 2.84 bits per heavy atom. The van der Waals surface area contributed by atoms with Crippen molar-refractivity contribution < 1.29 is 8.42 Å². The second-order valence-corrected chi connectivity index (χ2v) is 7.53. The zero-order valence-corrected chi connectivity index (χ0v) is 12.0. The lowest BCUT2D eigenvalue weighted by molar-refractivity contribution is 0.370. The normalized spacial score (nSPS) is 25.0. The molecule has 6 nitrogen and oxygen atoms in total. The van der Waals surface area contributed by atoms with Crippen molar-refractivity contribution in [3.05, 3.63) is 12.2 Å². The van der Waals surface area contributed by atoms with Gasteiger partial charge in [-0.1, -0.05) is 0 Å². The van der Waals surface area contributed by atoms with Gasteiger partial charge < -0.3 is 4.57 Å². The van der Waals surface area contributed by atoms with Crippen LogP contribution in [0, 0.1) is 0 Å². The first-order valence-corrected chi connectivity index (χ1v) is 8.76. The Morgan fingerprint density at radius 2 is 2.16 bits per heavy atom. The fraction of sp³-hybridized carbons (Fsp3) is 0.833. The maximum atomic E-state index is 11.7. The summed E-state index contributed by atoms with van der Waals surface area (Å²) in [5, 5.41) is 8.15. The molecule has 2 aliphatic rings. The Balaban J connectivity index is 1.64. The van der Waals surface area contributed by atoms with E-state index in [2.05, 4.69) is 14.8 Å². The Morgan fingerprint density at radius 1 is 1.37 bits per heavy atom. The van der Waals surface area contributed by atoms with Crippen molar-refractivity contribution >= 4 is 10.0 Å². The molecule has 19 heavy (non-hydrogen) atoms. The minimum atomic E-state index is -3.07. The number of sulfonamides is 1. The van der Waals surface area contributed by atoms with Crippen molar-refractivity contribution in [1.82, 2.24) is 19.1 Å². The van der Waals surface area contributed by atoms with Gasteiger partial charge in [0.05, 0.1) is 6.26 Å². The first kappa shape index (κ1) is 13.1. The van der Waals surface area contributed by atoms with E-state index in [1.165, 1.54) is 19.1 Å². The topological polar surface area (TPSA) is 68.1 Å². The summed E-state index contributed by atoms with van der Waals surface area (Å²) in [5.74, 6) is 1.00. The minimum absolute atomic E-state index is 0.138. The zero-order valence-electron chi connectivity index (χ0n) is 11.2. The van der Waals surface area contributed by atoms with E-state index in [-0.39, 0.29) is 6.04 Å². The van der Waals surface area contributed by atoms with Crippen LogP contribution in [0.4, 0.5) is 0 Å². The van der Waals surface area contributed by atoms with Crippen molar-refractivity contribution in [2.24, 2.45) is 0 Å². The summed E-state index contributed by atoms with van der Waals surface area (Å²) < 4.78 is 27.2. The average Bonchev–Trinajstić information content (AvgIpc) is 2.90. The van der Waals surface area contributed by atoms with Crippen LogP contribution in [-0.4, -0.2) is 46.3 Å². The van der Waals surface area contributed by atoms with Crippen LogP contribution in [0.2, 0.25) is 0 Å². The van der Waals surface area contributed by atoms with Crippen molar-refractivity contribution in [1.29, 1.82) is 0 Å². The molecule has 1 aromatic heterocycles. The van der Waals surface area contributed by atoms with E-state index in [1.807, 2.05) is 0 Å². The Hall–Kier alpha value is -0.950. The third kappa shape index (κ3) is 2.81. The first-order valence-electron chi connectivity index (χ1n) is 6.91. The molecule has 0 radical (unpaired) electrons. The SMILES string of the molecule is CS(=O)(=O)N1CCCC1CCc1nncn1C1CC1. The quantitative estimate of drug-likeness (QED) is 0.808. The molecule has 2 fully saturated rings. The van der Waals surface area contributed by atoms with Crippen molar-refractivity contribution in [3.63, 3.8) is 0 Å². The van der Waals surface area contributed by atoms with Gasteiger partial charge in [0.15, 0.2) is 0 Å². The second-order valence-electron chi connectivity index (χ2n) is 5.59. The van der Waals surface area contributed by atoms with Gasteiger partial charge in [0.25, 0.3) is 0 Å². The van der Waals surface area contributed by atoms with E-state index < -0.39 is 10.0 Å². The van der Waals surface area contributed by atoms with Gasteiger partial charge in [-0.05, 0) is 32.1 Å². The molecule has 1 saturated heterocycles. The fourth-order valence-electron chi connectivity index (χ4n) is 2.93. The summed E-state index contributed by atoms with van der Waals surface area (Å²) in [4.78, 5) is 0. The highest BCUT2D eigenvalue weighted by Crippen LogP contribution is 2.35. The molecule has 1 aromatic rings. The van der Waals surface area contributed by atoms with Crippen LogP contribution < -0.4 is 0 Å².